The van der Waals surface area contributed by atoms with Crippen LogP contribution >= 0.6 is 35.6 Å². The zero-order valence-electron chi connectivity index (χ0n) is 15.6. The molecule has 1 atom stereocenters. The summed E-state index contributed by atoms with van der Waals surface area (Å²) in [4.78, 5) is 52.0. The molecule has 4 rings (SSSR count). The summed E-state index contributed by atoms with van der Waals surface area (Å²) in [7, 11) is 0. The van der Waals surface area contributed by atoms with E-state index < -0.39 is 29.7 Å². The average Bonchev–Trinajstić information content (AvgIpc) is 3.17. The topological polar surface area (TPSA) is 95.0 Å². The number of carbonyl (C=O) groups excluding carboxylic acids is 3. The number of benzene rings is 2. The number of thiocarbonyl (C=S) groups is 1. The molecular formula is C21H13ClN2O5S2. The SMILES string of the molecule is O=C(O)c1ccc(N2C(=O)CC(N3C(=O)C(=Cc4ccc(Cl)cc4)SC3=S)C2=O)cc1. The smallest absolute Gasteiger partial charge is 0.335 e. The Balaban J connectivity index is 1.58. The molecule has 1 unspecified atom stereocenters. The van der Waals surface area contributed by atoms with Crippen LogP contribution in [0, 0.1) is 0 Å². The molecule has 2 aromatic rings. The van der Waals surface area contributed by atoms with Gasteiger partial charge in [-0.25, -0.2) is 9.69 Å². The van der Waals surface area contributed by atoms with Crippen LogP contribution in [0.25, 0.3) is 6.08 Å². The zero-order chi connectivity index (χ0) is 22.3. The highest BCUT2D eigenvalue weighted by Crippen LogP contribution is 2.37. The second kappa shape index (κ2) is 8.26. The molecule has 0 spiro atoms. The van der Waals surface area contributed by atoms with Crippen LogP contribution in [0.15, 0.2) is 53.4 Å². The highest BCUT2D eigenvalue weighted by molar-refractivity contribution is 8.26. The molecule has 2 fully saturated rings. The van der Waals surface area contributed by atoms with E-state index in [9.17, 15) is 19.2 Å². The molecule has 2 aliphatic heterocycles. The van der Waals surface area contributed by atoms with Gasteiger partial charge in [0.2, 0.25) is 5.91 Å². The van der Waals surface area contributed by atoms with Gasteiger partial charge in [-0.3, -0.25) is 19.3 Å². The summed E-state index contributed by atoms with van der Waals surface area (Å²) < 4.78 is 0.194. The van der Waals surface area contributed by atoms with Gasteiger partial charge in [-0.15, -0.1) is 0 Å². The van der Waals surface area contributed by atoms with Crippen molar-refractivity contribution in [3.63, 3.8) is 0 Å². The van der Waals surface area contributed by atoms with E-state index in [1.807, 2.05) is 0 Å². The summed E-state index contributed by atoms with van der Waals surface area (Å²) in [6.07, 6.45) is 1.44. The highest BCUT2D eigenvalue weighted by atomic mass is 35.5. The van der Waals surface area contributed by atoms with Crippen LogP contribution in [-0.2, 0) is 14.4 Å². The molecule has 2 heterocycles. The zero-order valence-corrected chi connectivity index (χ0v) is 18.0. The Morgan fingerprint density at radius 3 is 2.35 bits per heavy atom. The summed E-state index contributed by atoms with van der Waals surface area (Å²) in [6, 6.07) is 11.2. The van der Waals surface area contributed by atoms with E-state index in [1.165, 1.54) is 29.2 Å². The fraction of sp³-hybridized carbons (Fsp3) is 0.0952. The van der Waals surface area contributed by atoms with Gasteiger partial charge >= 0.3 is 5.97 Å². The first-order valence-corrected chi connectivity index (χ1v) is 10.6. The summed E-state index contributed by atoms with van der Waals surface area (Å²) in [5, 5.41) is 9.58. The van der Waals surface area contributed by atoms with Gasteiger partial charge in [0.1, 0.15) is 10.4 Å². The number of aromatic carboxylic acids is 1. The normalized spacial score (nSPS) is 20.3. The fourth-order valence-electron chi connectivity index (χ4n) is 3.30. The molecule has 0 radical (unpaired) electrons. The Kier molecular flexibility index (Phi) is 5.65. The van der Waals surface area contributed by atoms with Crippen molar-refractivity contribution in [2.45, 2.75) is 12.5 Å². The third-order valence-electron chi connectivity index (χ3n) is 4.80. The molecule has 1 N–H and O–H groups in total. The predicted molar refractivity (Wildman–Crippen MR) is 121 cm³/mol. The summed E-state index contributed by atoms with van der Waals surface area (Å²) in [5.41, 5.74) is 1.02. The number of rotatable bonds is 4. The first-order valence-electron chi connectivity index (χ1n) is 8.99. The number of nitrogens with zero attached hydrogens (tertiary/aromatic N) is 2. The van der Waals surface area contributed by atoms with Crippen molar-refractivity contribution in [3.05, 3.63) is 69.6 Å². The predicted octanol–water partition coefficient (Wildman–Crippen LogP) is 3.57. The lowest BCUT2D eigenvalue weighted by molar-refractivity contribution is -0.129. The van der Waals surface area contributed by atoms with Gasteiger partial charge < -0.3 is 5.11 Å². The van der Waals surface area contributed by atoms with Crippen LogP contribution in [0.3, 0.4) is 0 Å². The molecule has 3 amide bonds. The fourth-order valence-corrected chi connectivity index (χ4v) is 4.78. The molecule has 2 aliphatic rings. The largest absolute Gasteiger partial charge is 0.478 e. The molecule has 0 bridgehead atoms. The van der Waals surface area contributed by atoms with E-state index in [2.05, 4.69) is 0 Å². The summed E-state index contributed by atoms with van der Waals surface area (Å²) in [6.45, 7) is 0. The number of anilines is 1. The Morgan fingerprint density at radius 2 is 1.74 bits per heavy atom. The second-order valence-corrected chi connectivity index (χ2v) is 8.85. The molecule has 31 heavy (non-hydrogen) atoms. The molecule has 0 aliphatic carbocycles. The molecule has 2 saturated heterocycles. The van der Waals surface area contributed by atoms with Crippen molar-refractivity contribution in [3.8, 4) is 0 Å². The van der Waals surface area contributed by atoms with Gasteiger partial charge in [0.15, 0.2) is 0 Å². The van der Waals surface area contributed by atoms with Gasteiger partial charge in [0.25, 0.3) is 11.8 Å². The van der Waals surface area contributed by atoms with Gasteiger partial charge in [-0.05, 0) is 48.0 Å². The number of imide groups is 1. The lowest BCUT2D eigenvalue weighted by atomic mass is 10.2. The third-order valence-corrected chi connectivity index (χ3v) is 6.38. The van der Waals surface area contributed by atoms with E-state index in [4.69, 9.17) is 28.9 Å². The lowest BCUT2D eigenvalue weighted by Crippen LogP contribution is -2.44. The first-order chi connectivity index (χ1) is 14.8. The van der Waals surface area contributed by atoms with Crippen molar-refractivity contribution in [1.29, 1.82) is 0 Å². The van der Waals surface area contributed by atoms with Crippen LogP contribution in [-0.4, -0.2) is 44.1 Å². The Morgan fingerprint density at radius 1 is 1.10 bits per heavy atom. The maximum Gasteiger partial charge on any atom is 0.335 e. The number of thioether (sulfide) groups is 1. The number of hydrogen-bond acceptors (Lipinski definition) is 6. The van der Waals surface area contributed by atoms with Crippen molar-refractivity contribution in [1.82, 2.24) is 4.90 Å². The van der Waals surface area contributed by atoms with Crippen molar-refractivity contribution in [2.24, 2.45) is 0 Å². The van der Waals surface area contributed by atoms with Gasteiger partial charge in [0.05, 0.1) is 22.6 Å². The Hall–Kier alpha value is -3.01. The Bertz CT molecular complexity index is 1160. The average molecular weight is 473 g/mol. The first kappa shape index (κ1) is 21.2. The van der Waals surface area contributed by atoms with Gasteiger partial charge in [-0.1, -0.05) is 47.7 Å². The maximum atomic E-state index is 13.0. The minimum absolute atomic E-state index is 0.0312. The maximum absolute atomic E-state index is 13.0. The number of hydrogen-bond donors (Lipinski definition) is 1. The van der Waals surface area contributed by atoms with E-state index >= 15 is 0 Å². The molecule has 10 heteroatoms. The molecule has 156 valence electrons. The molecule has 7 nitrogen and oxygen atoms in total. The van der Waals surface area contributed by atoms with Crippen LogP contribution in [0.1, 0.15) is 22.3 Å². The van der Waals surface area contributed by atoms with E-state index in [0.29, 0.717) is 9.93 Å². The highest BCUT2D eigenvalue weighted by Gasteiger charge is 2.48. The Labute approximate surface area is 191 Å². The van der Waals surface area contributed by atoms with Crippen molar-refractivity contribution < 1.29 is 24.3 Å². The standard InChI is InChI=1S/C21H13ClN2O5S2/c22-13-5-1-11(2-6-13)9-16-19(27)24(21(30)31-16)15-10-17(25)23(18(15)26)14-7-3-12(4-8-14)20(28)29/h1-9,15H,10H2,(H,28,29). The number of amides is 3. The second-order valence-electron chi connectivity index (χ2n) is 6.74. The lowest BCUT2D eigenvalue weighted by Gasteiger charge is -2.21. The van der Waals surface area contributed by atoms with Crippen LogP contribution < -0.4 is 4.90 Å². The monoisotopic (exact) mass is 472 g/mol. The number of carboxylic acid groups (broad SMARTS) is 1. The van der Waals surface area contributed by atoms with Crippen LogP contribution in [0.5, 0.6) is 0 Å². The van der Waals surface area contributed by atoms with Crippen molar-refractivity contribution >= 4 is 75.4 Å². The van der Waals surface area contributed by atoms with Gasteiger partial charge in [-0.2, -0.15) is 0 Å². The summed E-state index contributed by atoms with van der Waals surface area (Å²) in [5.74, 6) is -2.64. The quantitative estimate of drug-likeness (QED) is 0.413. The van der Waals surface area contributed by atoms with E-state index in [-0.39, 0.29) is 22.0 Å². The summed E-state index contributed by atoms with van der Waals surface area (Å²) >= 11 is 12.3. The van der Waals surface area contributed by atoms with Crippen LogP contribution in [0.2, 0.25) is 5.02 Å². The van der Waals surface area contributed by atoms with E-state index in [1.54, 1.807) is 30.3 Å². The number of carboxylic acids is 1. The number of halogens is 1. The van der Waals surface area contributed by atoms with Gasteiger partial charge in [0, 0.05) is 5.02 Å². The molecule has 0 saturated carbocycles. The number of carbonyl (C=O) groups is 4. The third kappa shape index (κ3) is 3.99. The van der Waals surface area contributed by atoms with Crippen LogP contribution in [0.4, 0.5) is 5.69 Å². The molecular weight excluding hydrogens is 460 g/mol. The minimum Gasteiger partial charge on any atom is -0.478 e. The minimum atomic E-state index is -1.12. The van der Waals surface area contributed by atoms with E-state index in [0.717, 1.165) is 22.2 Å². The molecule has 0 aromatic heterocycles. The molecule has 2 aromatic carbocycles. The van der Waals surface area contributed by atoms with Crippen molar-refractivity contribution in [2.75, 3.05) is 4.90 Å².